The first-order chi connectivity index (χ1) is 17.2. The highest BCUT2D eigenvalue weighted by atomic mass is 19.4. The molecular weight excluding hydrogens is 480 g/mol. The Balaban J connectivity index is 1.35. The first-order valence-corrected chi connectivity index (χ1v) is 11.8. The van der Waals surface area contributed by atoms with E-state index in [1.807, 2.05) is 0 Å². The van der Waals surface area contributed by atoms with Gasteiger partial charge in [-0.3, -0.25) is 4.79 Å². The second kappa shape index (κ2) is 9.44. The molecule has 7 nitrogen and oxygen atoms in total. The van der Waals surface area contributed by atoms with Crippen molar-refractivity contribution in [2.24, 2.45) is 5.16 Å². The van der Waals surface area contributed by atoms with Crippen LogP contribution in [-0.2, 0) is 12.8 Å². The highest BCUT2D eigenvalue weighted by Crippen LogP contribution is 2.38. The highest BCUT2D eigenvalue weighted by Gasteiger charge is 2.32. The zero-order valence-corrected chi connectivity index (χ0v) is 19.2. The van der Waals surface area contributed by atoms with Crippen LogP contribution in [0.5, 0.6) is 5.75 Å². The minimum Gasteiger partial charge on any atom is -0.411 e. The van der Waals surface area contributed by atoms with Gasteiger partial charge in [-0.25, -0.2) is 9.37 Å². The van der Waals surface area contributed by atoms with Crippen LogP contribution in [-0.4, -0.2) is 51.1 Å². The minimum absolute atomic E-state index is 0.139. The summed E-state index contributed by atoms with van der Waals surface area (Å²) in [6.45, 7) is 0.757. The molecule has 0 saturated carbocycles. The number of alkyl halides is 3. The monoisotopic (exact) mass is 504 g/mol. The van der Waals surface area contributed by atoms with E-state index in [2.05, 4.69) is 19.9 Å². The molecule has 36 heavy (non-hydrogen) atoms. The number of aromatic amines is 1. The maximum absolute atomic E-state index is 15.2. The van der Waals surface area contributed by atoms with E-state index in [1.54, 1.807) is 4.90 Å². The van der Waals surface area contributed by atoms with Crippen molar-refractivity contribution in [3.8, 4) is 5.75 Å². The van der Waals surface area contributed by atoms with Gasteiger partial charge >= 0.3 is 6.36 Å². The van der Waals surface area contributed by atoms with E-state index < -0.39 is 17.9 Å². The average Bonchev–Trinajstić information content (AvgIpc) is 3.06. The Bertz CT molecular complexity index is 1310. The van der Waals surface area contributed by atoms with Gasteiger partial charge in [0.05, 0.1) is 11.9 Å². The Labute approximate surface area is 203 Å². The molecule has 3 heterocycles. The van der Waals surface area contributed by atoms with Gasteiger partial charge in [-0.2, -0.15) is 0 Å². The predicted molar refractivity (Wildman–Crippen MR) is 123 cm³/mol. The number of carbonyl (C=O) groups excluding carboxylic acids is 1. The zero-order chi connectivity index (χ0) is 25.4. The number of pyridine rings is 1. The number of amides is 1. The molecule has 190 valence electrons. The smallest absolute Gasteiger partial charge is 0.411 e. The molecule has 11 heteroatoms. The number of likely N-dealkylation sites (tertiary alicyclic amines) is 1. The average molecular weight is 504 g/mol. The van der Waals surface area contributed by atoms with Crippen molar-refractivity contribution in [3.05, 3.63) is 58.7 Å². The summed E-state index contributed by atoms with van der Waals surface area (Å²) in [5, 5.41) is 13.5. The fourth-order valence-electron chi connectivity index (χ4n) is 5.28. The standard InChI is InChI=1S/C25H24F4N4O3/c26-19-13-30-23-22(18-12-16(32-35)2-1-3-20(18)31-23)21(19)14-8-10-33(11-9-14)24(34)15-4-6-17(7-5-15)36-25(27,28)29/h4-7,13-14,35H,1-3,8-12H2,(H,30,31)/b32-16-. The third-order valence-electron chi connectivity index (χ3n) is 6.95. The van der Waals surface area contributed by atoms with Gasteiger partial charge in [-0.15, -0.1) is 13.2 Å². The molecule has 0 unspecified atom stereocenters. The van der Waals surface area contributed by atoms with E-state index in [0.717, 1.165) is 41.6 Å². The Hall–Kier alpha value is -3.63. The van der Waals surface area contributed by atoms with Crippen LogP contribution >= 0.6 is 0 Å². The Kier molecular flexibility index (Phi) is 6.31. The van der Waals surface area contributed by atoms with Gasteiger partial charge in [-0.1, -0.05) is 5.16 Å². The number of hydrogen-bond donors (Lipinski definition) is 2. The maximum Gasteiger partial charge on any atom is 0.573 e. The van der Waals surface area contributed by atoms with Gasteiger partial charge in [0.15, 0.2) is 0 Å². The first kappa shape index (κ1) is 24.1. The molecule has 0 bridgehead atoms. The molecule has 5 rings (SSSR count). The number of aryl methyl sites for hydroxylation is 1. The third kappa shape index (κ3) is 4.74. The molecule has 2 aliphatic rings. The lowest BCUT2D eigenvalue weighted by Gasteiger charge is -2.33. The maximum atomic E-state index is 15.2. The number of H-pyrrole nitrogens is 1. The molecule has 1 aliphatic heterocycles. The molecule has 1 saturated heterocycles. The van der Waals surface area contributed by atoms with E-state index in [4.69, 9.17) is 0 Å². The molecule has 1 aromatic carbocycles. The van der Waals surface area contributed by atoms with Crippen LogP contribution in [0, 0.1) is 5.82 Å². The Morgan fingerprint density at radius 3 is 2.56 bits per heavy atom. The molecule has 0 radical (unpaired) electrons. The molecule has 3 aromatic rings. The summed E-state index contributed by atoms with van der Waals surface area (Å²) in [5.41, 5.74) is 3.97. The molecule has 1 aliphatic carbocycles. The molecular formula is C25H24F4N4O3. The number of nitrogens with one attached hydrogen (secondary N) is 1. The zero-order valence-electron chi connectivity index (χ0n) is 19.2. The van der Waals surface area contributed by atoms with Crippen molar-refractivity contribution in [1.29, 1.82) is 0 Å². The lowest BCUT2D eigenvalue weighted by molar-refractivity contribution is -0.274. The number of hydrogen-bond acceptors (Lipinski definition) is 5. The fourth-order valence-corrected chi connectivity index (χ4v) is 5.28. The molecule has 0 spiro atoms. The van der Waals surface area contributed by atoms with Gasteiger partial charge in [-0.05, 0) is 67.9 Å². The largest absolute Gasteiger partial charge is 0.573 e. The van der Waals surface area contributed by atoms with E-state index in [-0.39, 0.29) is 17.4 Å². The van der Waals surface area contributed by atoms with Gasteiger partial charge < -0.3 is 19.8 Å². The van der Waals surface area contributed by atoms with Crippen LogP contribution in [0.2, 0.25) is 0 Å². The van der Waals surface area contributed by atoms with Gasteiger partial charge in [0.2, 0.25) is 0 Å². The van der Waals surface area contributed by atoms with Crippen molar-refractivity contribution < 1.29 is 32.3 Å². The molecule has 2 aromatic heterocycles. The predicted octanol–water partition coefficient (Wildman–Crippen LogP) is 5.33. The number of fused-ring (bicyclic) bond motifs is 3. The van der Waals surface area contributed by atoms with Crippen LogP contribution in [0.25, 0.3) is 11.0 Å². The van der Waals surface area contributed by atoms with Gasteiger partial charge in [0.1, 0.15) is 17.2 Å². The number of oxime groups is 1. The van der Waals surface area contributed by atoms with E-state index >= 15 is 4.39 Å². The molecule has 1 fully saturated rings. The number of carbonyl (C=O) groups is 1. The summed E-state index contributed by atoms with van der Waals surface area (Å²) in [5.74, 6) is -1.23. The number of benzene rings is 1. The number of nitrogens with zero attached hydrogens (tertiary/aromatic N) is 3. The summed E-state index contributed by atoms with van der Waals surface area (Å²) in [6.07, 6.45) is 0.141. The van der Waals surface area contributed by atoms with Crippen LogP contribution in [0.3, 0.4) is 0 Å². The van der Waals surface area contributed by atoms with Crippen molar-refractivity contribution in [1.82, 2.24) is 14.9 Å². The number of piperidine rings is 1. The lowest BCUT2D eigenvalue weighted by atomic mass is 9.86. The minimum atomic E-state index is -4.80. The summed E-state index contributed by atoms with van der Waals surface area (Å²) in [7, 11) is 0. The number of halogens is 4. The van der Waals surface area contributed by atoms with Crippen molar-refractivity contribution >= 4 is 22.7 Å². The van der Waals surface area contributed by atoms with Gasteiger partial charge in [0.25, 0.3) is 5.91 Å². The van der Waals surface area contributed by atoms with E-state index in [9.17, 15) is 23.2 Å². The van der Waals surface area contributed by atoms with E-state index in [0.29, 0.717) is 55.7 Å². The summed E-state index contributed by atoms with van der Waals surface area (Å²) in [4.78, 5) is 22.1. The Morgan fingerprint density at radius 2 is 1.89 bits per heavy atom. The number of rotatable bonds is 3. The van der Waals surface area contributed by atoms with Gasteiger partial charge in [0, 0.05) is 41.7 Å². The summed E-state index contributed by atoms with van der Waals surface area (Å²) < 4.78 is 56.2. The highest BCUT2D eigenvalue weighted by molar-refractivity contribution is 5.95. The quantitative estimate of drug-likeness (QED) is 0.218. The SMILES string of the molecule is O=C(c1ccc(OC(F)(F)F)cc1)N1CCC(c2c(F)cnc3[nH]c4c(c23)C/C(=N\O)CCC4)CC1. The second-order valence-electron chi connectivity index (χ2n) is 9.16. The lowest BCUT2D eigenvalue weighted by Crippen LogP contribution is -2.38. The summed E-state index contributed by atoms with van der Waals surface area (Å²) >= 11 is 0. The fraction of sp³-hybridized carbons (Fsp3) is 0.400. The third-order valence-corrected chi connectivity index (χ3v) is 6.95. The van der Waals surface area contributed by atoms with Crippen molar-refractivity contribution in [3.63, 3.8) is 0 Å². The van der Waals surface area contributed by atoms with Crippen molar-refractivity contribution in [2.45, 2.75) is 50.8 Å². The molecule has 1 amide bonds. The molecule has 2 N–H and O–H groups in total. The normalized spacial score (nSPS) is 18.3. The second-order valence-corrected chi connectivity index (χ2v) is 9.16. The first-order valence-electron chi connectivity index (χ1n) is 11.8. The van der Waals surface area contributed by atoms with Crippen LogP contribution in [0.1, 0.15) is 58.8 Å². The Morgan fingerprint density at radius 1 is 1.17 bits per heavy atom. The van der Waals surface area contributed by atoms with Crippen LogP contribution < -0.4 is 4.74 Å². The van der Waals surface area contributed by atoms with E-state index in [1.165, 1.54) is 18.3 Å². The topological polar surface area (TPSA) is 90.8 Å². The number of ether oxygens (including phenoxy) is 1. The van der Waals surface area contributed by atoms with Crippen LogP contribution in [0.4, 0.5) is 17.6 Å². The number of aromatic nitrogens is 2. The van der Waals surface area contributed by atoms with Crippen molar-refractivity contribution in [2.75, 3.05) is 13.1 Å². The summed E-state index contributed by atoms with van der Waals surface area (Å²) in [6, 6.07) is 4.82. The van der Waals surface area contributed by atoms with Crippen LogP contribution in [0.15, 0.2) is 35.6 Å². The molecule has 0 atom stereocenters.